The van der Waals surface area contributed by atoms with Gasteiger partial charge in [0.05, 0.1) is 6.54 Å². The molecule has 0 fully saturated rings. The van der Waals surface area contributed by atoms with Gasteiger partial charge in [0.15, 0.2) is 5.82 Å². The Morgan fingerprint density at radius 2 is 1.76 bits per heavy atom. The van der Waals surface area contributed by atoms with E-state index in [1.807, 2.05) is 30.3 Å². The molecule has 1 heterocycles. The average molecular weight is 283 g/mol. The van der Waals surface area contributed by atoms with Gasteiger partial charge in [-0.3, -0.25) is 0 Å². The average Bonchev–Trinajstić information content (AvgIpc) is 2.96. The Morgan fingerprint density at radius 1 is 1.05 bits per heavy atom. The van der Waals surface area contributed by atoms with Crippen molar-refractivity contribution in [3.63, 3.8) is 0 Å². The Morgan fingerprint density at radius 3 is 2.48 bits per heavy atom. The standard InChI is InChI=1S/C16H14FN3O/c17-14-8-6-13(7-9-14)15(21)16-19-18-11-20(16)10-12-4-2-1-3-5-12/h1-9,11,15,21H,10H2. The van der Waals surface area contributed by atoms with Crippen LogP contribution in [0.15, 0.2) is 60.9 Å². The molecule has 1 unspecified atom stereocenters. The lowest BCUT2D eigenvalue weighted by atomic mass is 10.1. The topological polar surface area (TPSA) is 50.9 Å². The van der Waals surface area contributed by atoms with E-state index in [4.69, 9.17) is 0 Å². The molecule has 0 spiro atoms. The van der Waals surface area contributed by atoms with Crippen molar-refractivity contribution in [2.24, 2.45) is 0 Å². The molecule has 3 rings (SSSR count). The van der Waals surface area contributed by atoms with Crippen molar-refractivity contribution >= 4 is 0 Å². The van der Waals surface area contributed by atoms with Crippen LogP contribution in [0.3, 0.4) is 0 Å². The maximum atomic E-state index is 12.9. The molecule has 0 aliphatic carbocycles. The molecule has 1 N–H and O–H groups in total. The number of aliphatic hydroxyl groups is 1. The first-order valence-corrected chi connectivity index (χ1v) is 6.59. The molecule has 0 amide bonds. The fourth-order valence-corrected chi connectivity index (χ4v) is 2.17. The number of aromatic nitrogens is 3. The Kier molecular flexibility index (Phi) is 3.75. The predicted octanol–water partition coefficient (Wildman–Crippen LogP) is 2.55. The highest BCUT2D eigenvalue weighted by atomic mass is 19.1. The molecule has 1 aromatic heterocycles. The first-order chi connectivity index (χ1) is 10.2. The molecule has 0 aliphatic rings. The monoisotopic (exact) mass is 283 g/mol. The normalized spacial score (nSPS) is 12.3. The summed E-state index contributed by atoms with van der Waals surface area (Å²) in [5.41, 5.74) is 1.67. The predicted molar refractivity (Wildman–Crippen MR) is 76.0 cm³/mol. The van der Waals surface area contributed by atoms with Gasteiger partial charge in [0.25, 0.3) is 0 Å². The van der Waals surface area contributed by atoms with Gasteiger partial charge >= 0.3 is 0 Å². The highest BCUT2D eigenvalue weighted by Gasteiger charge is 2.17. The van der Waals surface area contributed by atoms with Crippen LogP contribution in [0.4, 0.5) is 4.39 Å². The molecular weight excluding hydrogens is 269 g/mol. The summed E-state index contributed by atoms with van der Waals surface area (Å²) in [6.07, 6.45) is 0.645. The maximum absolute atomic E-state index is 12.9. The SMILES string of the molecule is OC(c1ccc(F)cc1)c1nncn1Cc1ccccc1. The van der Waals surface area contributed by atoms with Crippen molar-refractivity contribution in [2.75, 3.05) is 0 Å². The third-order valence-electron chi connectivity index (χ3n) is 3.27. The van der Waals surface area contributed by atoms with Gasteiger partial charge in [-0.15, -0.1) is 10.2 Å². The molecular formula is C16H14FN3O. The number of hydrogen-bond acceptors (Lipinski definition) is 3. The van der Waals surface area contributed by atoms with E-state index in [1.54, 1.807) is 23.0 Å². The van der Waals surface area contributed by atoms with Crippen LogP contribution in [0.2, 0.25) is 0 Å². The van der Waals surface area contributed by atoms with Crippen molar-refractivity contribution in [1.29, 1.82) is 0 Å². The van der Waals surface area contributed by atoms with Gasteiger partial charge < -0.3 is 9.67 Å². The second kappa shape index (κ2) is 5.85. The van der Waals surface area contributed by atoms with E-state index in [2.05, 4.69) is 10.2 Å². The Bertz CT molecular complexity index is 710. The van der Waals surface area contributed by atoms with Crippen molar-refractivity contribution < 1.29 is 9.50 Å². The van der Waals surface area contributed by atoms with Crippen LogP contribution in [0, 0.1) is 5.82 Å². The molecule has 4 nitrogen and oxygen atoms in total. The van der Waals surface area contributed by atoms with E-state index < -0.39 is 6.10 Å². The first-order valence-electron chi connectivity index (χ1n) is 6.59. The summed E-state index contributed by atoms with van der Waals surface area (Å²) in [5, 5.41) is 18.2. The summed E-state index contributed by atoms with van der Waals surface area (Å²) in [6.45, 7) is 0.571. The lowest BCUT2D eigenvalue weighted by Gasteiger charge is -2.12. The Balaban J connectivity index is 1.86. The van der Waals surface area contributed by atoms with Gasteiger partial charge in [0.2, 0.25) is 0 Å². The van der Waals surface area contributed by atoms with Gasteiger partial charge in [-0.1, -0.05) is 42.5 Å². The summed E-state index contributed by atoms with van der Waals surface area (Å²) < 4.78 is 14.7. The van der Waals surface area contributed by atoms with E-state index in [-0.39, 0.29) is 5.82 Å². The minimum Gasteiger partial charge on any atom is -0.380 e. The Hall–Kier alpha value is -2.53. The molecule has 2 aromatic carbocycles. The maximum Gasteiger partial charge on any atom is 0.166 e. The van der Waals surface area contributed by atoms with E-state index in [1.165, 1.54) is 12.1 Å². The highest BCUT2D eigenvalue weighted by Crippen LogP contribution is 2.20. The zero-order valence-electron chi connectivity index (χ0n) is 11.2. The zero-order valence-corrected chi connectivity index (χ0v) is 11.2. The van der Waals surface area contributed by atoms with Gasteiger partial charge in [0, 0.05) is 0 Å². The third-order valence-corrected chi connectivity index (χ3v) is 3.27. The fraction of sp³-hybridized carbons (Fsp3) is 0.125. The smallest absolute Gasteiger partial charge is 0.166 e. The summed E-state index contributed by atoms with van der Waals surface area (Å²) in [7, 11) is 0. The largest absolute Gasteiger partial charge is 0.380 e. The van der Waals surface area contributed by atoms with Crippen LogP contribution in [0.5, 0.6) is 0 Å². The summed E-state index contributed by atoms with van der Waals surface area (Å²) in [6, 6.07) is 15.6. The number of hydrogen-bond donors (Lipinski definition) is 1. The van der Waals surface area contributed by atoms with Crippen molar-refractivity contribution in [1.82, 2.24) is 14.8 Å². The molecule has 3 aromatic rings. The van der Waals surface area contributed by atoms with Crippen LogP contribution >= 0.6 is 0 Å². The van der Waals surface area contributed by atoms with Gasteiger partial charge in [-0.2, -0.15) is 0 Å². The van der Waals surface area contributed by atoms with E-state index >= 15 is 0 Å². The van der Waals surface area contributed by atoms with E-state index in [0.717, 1.165) is 5.56 Å². The van der Waals surface area contributed by atoms with Crippen LogP contribution < -0.4 is 0 Å². The molecule has 5 heteroatoms. The lowest BCUT2D eigenvalue weighted by molar-refractivity contribution is 0.204. The van der Waals surface area contributed by atoms with Crippen molar-refractivity contribution in [3.05, 3.63) is 83.7 Å². The minimum absolute atomic E-state index is 0.336. The number of nitrogens with zero attached hydrogens (tertiary/aromatic N) is 3. The number of benzene rings is 2. The lowest BCUT2D eigenvalue weighted by Crippen LogP contribution is -2.10. The minimum atomic E-state index is -0.934. The van der Waals surface area contributed by atoms with Gasteiger partial charge in [0.1, 0.15) is 18.2 Å². The molecule has 1 atom stereocenters. The van der Waals surface area contributed by atoms with Crippen LogP contribution in [-0.2, 0) is 6.54 Å². The van der Waals surface area contributed by atoms with Gasteiger partial charge in [-0.25, -0.2) is 4.39 Å². The molecule has 0 saturated heterocycles. The fourth-order valence-electron chi connectivity index (χ4n) is 2.17. The number of aliphatic hydroxyl groups excluding tert-OH is 1. The second-order valence-electron chi connectivity index (χ2n) is 4.76. The number of halogens is 1. The summed E-state index contributed by atoms with van der Waals surface area (Å²) >= 11 is 0. The Labute approximate surface area is 121 Å². The van der Waals surface area contributed by atoms with Crippen LogP contribution in [0.25, 0.3) is 0 Å². The number of rotatable bonds is 4. The van der Waals surface area contributed by atoms with Crippen molar-refractivity contribution in [3.8, 4) is 0 Å². The van der Waals surface area contributed by atoms with E-state index in [9.17, 15) is 9.50 Å². The first kappa shape index (κ1) is 13.5. The van der Waals surface area contributed by atoms with Crippen LogP contribution in [0.1, 0.15) is 23.1 Å². The van der Waals surface area contributed by atoms with E-state index in [0.29, 0.717) is 17.9 Å². The summed E-state index contributed by atoms with van der Waals surface area (Å²) in [5.74, 6) is 0.0992. The molecule has 0 bridgehead atoms. The van der Waals surface area contributed by atoms with Crippen LogP contribution in [-0.4, -0.2) is 19.9 Å². The summed E-state index contributed by atoms with van der Waals surface area (Å²) in [4.78, 5) is 0. The molecule has 0 saturated carbocycles. The second-order valence-corrected chi connectivity index (χ2v) is 4.76. The molecule has 0 aliphatic heterocycles. The van der Waals surface area contributed by atoms with Crippen molar-refractivity contribution in [2.45, 2.75) is 12.6 Å². The third kappa shape index (κ3) is 2.98. The highest BCUT2D eigenvalue weighted by molar-refractivity contribution is 5.24. The zero-order chi connectivity index (χ0) is 14.7. The van der Waals surface area contributed by atoms with Gasteiger partial charge in [-0.05, 0) is 23.3 Å². The molecule has 21 heavy (non-hydrogen) atoms. The molecule has 0 radical (unpaired) electrons. The quantitative estimate of drug-likeness (QED) is 0.800. The molecule has 106 valence electrons.